The molecule has 2 N–H and O–H groups in total. The fraction of sp³-hybridized carbons (Fsp3) is 0.533. The van der Waals surface area contributed by atoms with Gasteiger partial charge in [0.05, 0.1) is 0 Å². The lowest BCUT2D eigenvalue weighted by Crippen LogP contribution is -2.43. The van der Waals surface area contributed by atoms with Crippen molar-refractivity contribution in [3.8, 4) is 5.75 Å². The predicted molar refractivity (Wildman–Crippen MR) is 74.9 cm³/mol. The van der Waals surface area contributed by atoms with Crippen LogP contribution in [0.25, 0.3) is 0 Å². The molecule has 0 radical (unpaired) electrons. The lowest BCUT2D eigenvalue weighted by Gasteiger charge is -2.29. The third kappa shape index (κ3) is 4.91. The van der Waals surface area contributed by atoms with Crippen molar-refractivity contribution in [1.82, 2.24) is 0 Å². The molecule has 4 heteroatoms. The van der Waals surface area contributed by atoms with Crippen molar-refractivity contribution in [2.24, 2.45) is 5.73 Å². The van der Waals surface area contributed by atoms with Gasteiger partial charge in [-0.2, -0.15) is 0 Å². The largest absolute Gasteiger partial charge is 0.476 e. The summed E-state index contributed by atoms with van der Waals surface area (Å²) in [5, 5.41) is 0. The Kier molecular flexibility index (Phi) is 4.58. The Morgan fingerprint density at radius 3 is 2.05 bits per heavy atom. The molecule has 19 heavy (non-hydrogen) atoms. The number of hydrogen-bond donors (Lipinski definition) is 1. The fourth-order valence-electron chi connectivity index (χ4n) is 1.43. The Morgan fingerprint density at radius 2 is 1.63 bits per heavy atom. The highest BCUT2D eigenvalue weighted by Crippen LogP contribution is 2.22. The first-order chi connectivity index (χ1) is 8.64. The molecule has 0 heterocycles. The summed E-state index contributed by atoms with van der Waals surface area (Å²) in [6.07, 6.45) is 0. The molecule has 0 amide bonds. The first kappa shape index (κ1) is 15.5. The van der Waals surface area contributed by atoms with E-state index in [1.807, 2.05) is 32.9 Å². The number of rotatable bonds is 4. The molecule has 0 aromatic heterocycles. The third-order valence-corrected chi connectivity index (χ3v) is 2.42. The summed E-state index contributed by atoms with van der Waals surface area (Å²) in [6.45, 7) is 9.36. The van der Waals surface area contributed by atoms with Crippen LogP contribution in [-0.2, 0) is 16.1 Å². The molecule has 0 bridgehead atoms. The number of hydrogen-bond acceptors (Lipinski definition) is 4. The first-order valence-electron chi connectivity index (χ1n) is 6.35. The number of ether oxygens (including phenoxy) is 2. The highest BCUT2D eigenvalue weighted by atomic mass is 16.6. The van der Waals surface area contributed by atoms with Crippen LogP contribution in [-0.4, -0.2) is 17.2 Å². The van der Waals surface area contributed by atoms with E-state index in [2.05, 4.69) is 0 Å². The first-order valence-corrected chi connectivity index (χ1v) is 6.35. The monoisotopic (exact) mass is 265 g/mol. The van der Waals surface area contributed by atoms with Crippen molar-refractivity contribution in [3.05, 3.63) is 29.8 Å². The van der Waals surface area contributed by atoms with Crippen LogP contribution in [0.5, 0.6) is 5.75 Å². The van der Waals surface area contributed by atoms with Crippen molar-refractivity contribution in [2.75, 3.05) is 0 Å². The molecule has 1 aromatic rings. The summed E-state index contributed by atoms with van der Waals surface area (Å²) < 4.78 is 11.0. The van der Waals surface area contributed by atoms with Crippen LogP contribution in [0.3, 0.4) is 0 Å². The van der Waals surface area contributed by atoms with E-state index in [1.165, 1.54) is 0 Å². The van der Waals surface area contributed by atoms with Crippen LogP contribution >= 0.6 is 0 Å². The molecule has 1 aromatic carbocycles. The Morgan fingerprint density at radius 1 is 1.11 bits per heavy atom. The van der Waals surface area contributed by atoms with Gasteiger partial charge in [0.1, 0.15) is 11.4 Å². The van der Waals surface area contributed by atoms with Gasteiger partial charge in [0.15, 0.2) is 5.60 Å². The summed E-state index contributed by atoms with van der Waals surface area (Å²) in [4.78, 5) is 12.0. The predicted octanol–water partition coefficient (Wildman–Crippen LogP) is 2.64. The van der Waals surface area contributed by atoms with Crippen LogP contribution in [0, 0.1) is 0 Å². The summed E-state index contributed by atoms with van der Waals surface area (Å²) in [5.41, 5.74) is 4.99. The smallest absolute Gasteiger partial charge is 0.350 e. The Bertz CT molecular complexity index is 430. The Balaban J connectivity index is 2.74. The summed E-state index contributed by atoms with van der Waals surface area (Å²) >= 11 is 0. The second-order valence-electron chi connectivity index (χ2n) is 5.96. The van der Waals surface area contributed by atoms with E-state index in [4.69, 9.17) is 15.2 Å². The molecule has 0 saturated heterocycles. The molecule has 4 nitrogen and oxygen atoms in total. The van der Waals surface area contributed by atoms with E-state index in [0.717, 1.165) is 5.56 Å². The van der Waals surface area contributed by atoms with Gasteiger partial charge in [-0.05, 0) is 52.3 Å². The molecule has 0 atom stereocenters. The quantitative estimate of drug-likeness (QED) is 0.850. The average Bonchev–Trinajstić information content (AvgIpc) is 2.27. The molecule has 0 saturated carbocycles. The zero-order valence-corrected chi connectivity index (χ0v) is 12.3. The van der Waals surface area contributed by atoms with E-state index in [1.54, 1.807) is 26.0 Å². The molecule has 106 valence electrons. The highest BCUT2D eigenvalue weighted by molar-refractivity contribution is 5.79. The molecular weight excluding hydrogens is 242 g/mol. The van der Waals surface area contributed by atoms with Gasteiger partial charge >= 0.3 is 5.97 Å². The van der Waals surface area contributed by atoms with E-state index < -0.39 is 11.2 Å². The van der Waals surface area contributed by atoms with Gasteiger partial charge in [-0.15, -0.1) is 0 Å². The second kappa shape index (κ2) is 5.61. The van der Waals surface area contributed by atoms with E-state index in [0.29, 0.717) is 12.3 Å². The molecule has 0 spiro atoms. The number of carbonyl (C=O) groups is 1. The van der Waals surface area contributed by atoms with Gasteiger partial charge in [-0.3, -0.25) is 0 Å². The van der Waals surface area contributed by atoms with Crippen LogP contribution in [0.1, 0.15) is 40.2 Å². The molecule has 1 rings (SSSR count). The van der Waals surface area contributed by atoms with E-state index >= 15 is 0 Å². The van der Waals surface area contributed by atoms with E-state index in [-0.39, 0.29) is 5.97 Å². The van der Waals surface area contributed by atoms with Crippen molar-refractivity contribution in [2.45, 2.75) is 52.4 Å². The number of esters is 1. The second-order valence-corrected chi connectivity index (χ2v) is 5.96. The van der Waals surface area contributed by atoms with Crippen molar-refractivity contribution >= 4 is 5.97 Å². The standard InChI is InChI=1S/C15H23NO3/c1-14(2,3)19-13(17)15(4,5)18-12-8-6-11(10-16)7-9-12/h6-9H,10,16H2,1-5H3. The zero-order chi connectivity index (χ0) is 14.7. The minimum Gasteiger partial charge on any atom is -0.476 e. The fourth-order valence-corrected chi connectivity index (χ4v) is 1.43. The van der Waals surface area contributed by atoms with Crippen LogP contribution in [0.2, 0.25) is 0 Å². The Hall–Kier alpha value is -1.55. The maximum Gasteiger partial charge on any atom is 0.350 e. The lowest BCUT2D eigenvalue weighted by atomic mass is 10.1. The molecule has 0 unspecified atom stereocenters. The van der Waals surface area contributed by atoms with Gasteiger partial charge in [-0.25, -0.2) is 4.79 Å². The minimum absolute atomic E-state index is 0.386. The highest BCUT2D eigenvalue weighted by Gasteiger charge is 2.34. The third-order valence-electron chi connectivity index (χ3n) is 2.42. The number of nitrogens with two attached hydrogens (primary N) is 1. The zero-order valence-electron chi connectivity index (χ0n) is 12.3. The molecular formula is C15H23NO3. The Labute approximate surface area is 114 Å². The van der Waals surface area contributed by atoms with Gasteiger partial charge in [0.2, 0.25) is 0 Å². The number of carbonyl (C=O) groups excluding carboxylic acids is 1. The maximum absolute atomic E-state index is 12.0. The molecule has 0 aliphatic carbocycles. The van der Waals surface area contributed by atoms with Crippen molar-refractivity contribution in [1.29, 1.82) is 0 Å². The summed E-state index contributed by atoms with van der Waals surface area (Å²) in [5.74, 6) is 0.232. The minimum atomic E-state index is -1.03. The van der Waals surface area contributed by atoms with Crippen molar-refractivity contribution < 1.29 is 14.3 Å². The van der Waals surface area contributed by atoms with Gasteiger partial charge < -0.3 is 15.2 Å². The van der Waals surface area contributed by atoms with Crippen LogP contribution in [0.4, 0.5) is 0 Å². The summed E-state index contributed by atoms with van der Waals surface area (Å²) in [7, 11) is 0. The lowest BCUT2D eigenvalue weighted by molar-refractivity contribution is -0.170. The van der Waals surface area contributed by atoms with Crippen molar-refractivity contribution in [3.63, 3.8) is 0 Å². The topological polar surface area (TPSA) is 61.5 Å². The van der Waals surface area contributed by atoms with Crippen LogP contribution < -0.4 is 10.5 Å². The SMILES string of the molecule is CC(C)(C)OC(=O)C(C)(C)Oc1ccc(CN)cc1. The van der Waals surface area contributed by atoms with Gasteiger partial charge in [0.25, 0.3) is 0 Å². The average molecular weight is 265 g/mol. The number of benzene rings is 1. The van der Waals surface area contributed by atoms with Crippen LogP contribution in [0.15, 0.2) is 24.3 Å². The molecule has 0 aliphatic rings. The normalized spacial score (nSPS) is 12.1. The van der Waals surface area contributed by atoms with Gasteiger partial charge in [-0.1, -0.05) is 12.1 Å². The molecule has 0 aliphatic heterocycles. The maximum atomic E-state index is 12.0. The van der Waals surface area contributed by atoms with Gasteiger partial charge in [0, 0.05) is 6.54 Å². The van der Waals surface area contributed by atoms with E-state index in [9.17, 15) is 4.79 Å². The summed E-state index contributed by atoms with van der Waals surface area (Å²) in [6, 6.07) is 7.35. The molecule has 0 fully saturated rings.